The van der Waals surface area contributed by atoms with Gasteiger partial charge in [-0.2, -0.15) is 5.10 Å². The van der Waals surface area contributed by atoms with Gasteiger partial charge < -0.3 is 14.0 Å². The Balaban J connectivity index is 1.81. The topological polar surface area (TPSA) is 64.8 Å². The summed E-state index contributed by atoms with van der Waals surface area (Å²) >= 11 is 12.5. The summed E-state index contributed by atoms with van der Waals surface area (Å²) in [6, 6.07) is 12.2. The molecule has 0 fully saturated rings. The molecule has 156 valence electrons. The summed E-state index contributed by atoms with van der Waals surface area (Å²) in [5, 5.41) is 5.28. The molecule has 1 aromatic heterocycles. The standard InChI is InChI=1S/C22H21Cl2N3O3/c1-13-9-16(14(2)27(13)19-11-17(23)6-7-18(19)24)12-25-26-22(28)15-5-8-20(29-3)21(10-15)30-4/h5-12H,1-4H3,(H,26,28)/b25-12+. The third-order valence-electron chi connectivity index (χ3n) is 4.63. The van der Waals surface area contributed by atoms with E-state index in [9.17, 15) is 4.79 Å². The number of nitrogens with one attached hydrogen (secondary N) is 1. The molecule has 0 aliphatic heterocycles. The summed E-state index contributed by atoms with van der Waals surface area (Å²) in [6.45, 7) is 3.91. The van der Waals surface area contributed by atoms with Crippen LogP contribution in [-0.2, 0) is 0 Å². The molecule has 2 aromatic carbocycles. The van der Waals surface area contributed by atoms with Gasteiger partial charge >= 0.3 is 0 Å². The predicted molar refractivity (Wildman–Crippen MR) is 120 cm³/mol. The number of aromatic nitrogens is 1. The van der Waals surface area contributed by atoms with E-state index in [2.05, 4.69) is 10.5 Å². The SMILES string of the molecule is COc1ccc(C(=O)N/N=C/c2cc(C)n(-c3cc(Cl)ccc3Cl)c2C)cc1OC. The molecule has 0 spiro atoms. The molecule has 0 saturated carbocycles. The largest absolute Gasteiger partial charge is 0.493 e. The summed E-state index contributed by atoms with van der Waals surface area (Å²) < 4.78 is 12.4. The molecule has 8 heteroatoms. The molecule has 1 N–H and O–H groups in total. The summed E-state index contributed by atoms with van der Waals surface area (Å²) in [7, 11) is 3.05. The van der Waals surface area contributed by atoms with Crippen LogP contribution in [0.5, 0.6) is 11.5 Å². The molecule has 3 aromatic rings. The van der Waals surface area contributed by atoms with Gasteiger partial charge in [0.2, 0.25) is 0 Å². The number of hydrogen-bond acceptors (Lipinski definition) is 4. The Labute approximate surface area is 185 Å². The molecular formula is C22H21Cl2N3O3. The third-order valence-corrected chi connectivity index (χ3v) is 5.19. The zero-order valence-electron chi connectivity index (χ0n) is 17.0. The first-order chi connectivity index (χ1) is 14.3. The number of ether oxygens (including phenoxy) is 2. The zero-order chi connectivity index (χ0) is 21.8. The Bertz CT molecular complexity index is 1120. The van der Waals surface area contributed by atoms with Crippen LogP contribution in [0, 0.1) is 13.8 Å². The minimum absolute atomic E-state index is 0.362. The molecule has 0 saturated heterocycles. The van der Waals surface area contributed by atoms with E-state index in [1.165, 1.54) is 14.2 Å². The van der Waals surface area contributed by atoms with Crippen LogP contribution < -0.4 is 14.9 Å². The number of hydrogen-bond donors (Lipinski definition) is 1. The van der Waals surface area contributed by atoms with Crippen molar-refractivity contribution >= 4 is 35.3 Å². The lowest BCUT2D eigenvalue weighted by atomic mass is 10.2. The molecule has 1 heterocycles. The summed E-state index contributed by atoms with van der Waals surface area (Å²) in [4.78, 5) is 12.4. The molecule has 0 aliphatic rings. The molecule has 3 rings (SSSR count). The van der Waals surface area contributed by atoms with Crippen LogP contribution in [0.3, 0.4) is 0 Å². The molecule has 6 nitrogen and oxygen atoms in total. The van der Waals surface area contributed by atoms with Crippen molar-refractivity contribution in [2.75, 3.05) is 14.2 Å². The molecular weight excluding hydrogens is 425 g/mol. The maximum Gasteiger partial charge on any atom is 0.271 e. The van der Waals surface area contributed by atoms with Crippen LogP contribution >= 0.6 is 23.2 Å². The van der Waals surface area contributed by atoms with Crippen molar-refractivity contribution < 1.29 is 14.3 Å². The molecule has 1 amide bonds. The highest BCUT2D eigenvalue weighted by molar-refractivity contribution is 6.34. The lowest BCUT2D eigenvalue weighted by Crippen LogP contribution is -2.17. The minimum atomic E-state index is -0.362. The highest BCUT2D eigenvalue weighted by atomic mass is 35.5. The Morgan fingerprint density at radius 2 is 1.77 bits per heavy atom. The van der Waals surface area contributed by atoms with Crippen LogP contribution in [0.15, 0.2) is 47.6 Å². The van der Waals surface area contributed by atoms with Gasteiger partial charge in [0.25, 0.3) is 5.91 Å². The van der Waals surface area contributed by atoms with Crippen molar-refractivity contribution in [1.82, 2.24) is 9.99 Å². The second-order valence-corrected chi connectivity index (χ2v) is 7.37. The van der Waals surface area contributed by atoms with Crippen molar-refractivity contribution in [3.05, 3.63) is 75.0 Å². The van der Waals surface area contributed by atoms with Crippen molar-refractivity contribution in [3.8, 4) is 17.2 Å². The van der Waals surface area contributed by atoms with Gasteiger partial charge in [0.15, 0.2) is 11.5 Å². The maximum absolute atomic E-state index is 12.4. The van der Waals surface area contributed by atoms with Crippen molar-refractivity contribution in [2.24, 2.45) is 5.10 Å². The quantitative estimate of drug-likeness (QED) is 0.419. The fraction of sp³-hybridized carbons (Fsp3) is 0.182. The smallest absolute Gasteiger partial charge is 0.271 e. The van der Waals surface area contributed by atoms with Crippen molar-refractivity contribution in [3.63, 3.8) is 0 Å². The number of halogens is 2. The molecule has 0 aliphatic carbocycles. The minimum Gasteiger partial charge on any atom is -0.493 e. The van der Waals surface area contributed by atoms with E-state index >= 15 is 0 Å². The monoisotopic (exact) mass is 445 g/mol. The van der Waals surface area contributed by atoms with Gasteiger partial charge in [-0.3, -0.25) is 4.79 Å². The Morgan fingerprint density at radius 1 is 1.03 bits per heavy atom. The Morgan fingerprint density at radius 3 is 2.47 bits per heavy atom. The van der Waals surface area contributed by atoms with Gasteiger partial charge in [-0.25, -0.2) is 5.43 Å². The molecule has 0 radical (unpaired) electrons. The normalized spacial score (nSPS) is 11.0. The first-order valence-corrected chi connectivity index (χ1v) is 9.81. The highest BCUT2D eigenvalue weighted by Gasteiger charge is 2.13. The van der Waals surface area contributed by atoms with Crippen LogP contribution in [0.1, 0.15) is 27.3 Å². The van der Waals surface area contributed by atoms with Gasteiger partial charge in [0, 0.05) is 27.5 Å². The van der Waals surface area contributed by atoms with Gasteiger partial charge in [0.1, 0.15) is 0 Å². The fourth-order valence-corrected chi connectivity index (χ4v) is 3.52. The van der Waals surface area contributed by atoms with Crippen molar-refractivity contribution in [1.29, 1.82) is 0 Å². The number of rotatable bonds is 6. The number of nitrogens with zero attached hydrogens (tertiary/aromatic N) is 2. The summed E-state index contributed by atoms with van der Waals surface area (Å²) in [6.07, 6.45) is 1.59. The van der Waals surface area contributed by atoms with Crippen LogP contribution in [0.25, 0.3) is 5.69 Å². The summed E-state index contributed by atoms with van der Waals surface area (Å²) in [5.74, 6) is 0.652. The number of amides is 1. The van der Waals surface area contributed by atoms with Gasteiger partial charge in [-0.15, -0.1) is 0 Å². The van der Waals surface area contributed by atoms with E-state index in [0.29, 0.717) is 27.1 Å². The number of carbonyl (C=O) groups is 1. The van der Waals surface area contributed by atoms with E-state index in [1.54, 1.807) is 36.5 Å². The van der Waals surface area contributed by atoms with Gasteiger partial charge in [-0.05, 0) is 56.3 Å². The van der Waals surface area contributed by atoms with Gasteiger partial charge in [-0.1, -0.05) is 23.2 Å². The average molecular weight is 446 g/mol. The molecule has 0 bridgehead atoms. The average Bonchev–Trinajstić information content (AvgIpc) is 3.02. The number of aryl methyl sites for hydroxylation is 1. The predicted octanol–water partition coefficient (Wildman–Crippen LogP) is 5.18. The highest BCUT2D eigenvalue weighted by Crippen LogP contribution is 2.29. The van der Waals surface area contributed by atoms with E-state index in [4.69, 9.17) is 32.7 Å². The number of hydrazone groups is 1. The molecule has 0 unspecified atom stereocenters. The first-order valence-electron chi connectivity index (χ1n) is 9.05. The van der Waals surface area contributed by atoms with Gasteiger partial charge in [0.05, 0.1) is 31.1 Å². The fourth-order valence-electron chi connectivity index (χ4n) is 3.15. The Hall–Kier alpha value is -2.96. The van der Waals surface area contributed by atoms with Crippen LogP contribution in [0.2, 0.25) is 10.0 Å². The molecule has 30 heavy (non-hydrogen) atoms. The van der Waals surface area contributed by atoms with E-state index in [-0.39, 0.29) is 5.91 Å². The lowest BCUT2D eigenvalue weighted by Gasteiger charge is -2.12. The second kappa shape index (κ2) is 9.24. The van der Waals surface area contributed by atoms with Crippen LogP contribution in [-0.4, -0.2) is 30.9 Å². The molecule has 0 atom stereocenters. The van der Waals surface area contributed by atoms with E-state index < -0.39 is 0 Å². The summed E-state index contributed by atoms with van der Waals surface area (Å²) in [5.41, 5.74) is 6.44. The van der Waals surface area contributed by atoms with E-state index in [1.807, 2.05) is 30.5 Å². The van der Waals surface area contributed by atoms with Crippen LogP contribution in [0.4, 0.5) is 0 Å². The lowest BCUT2D eigenvalue weighted by molar-refractivity contribution is 0.0954. The number of methoxy groups -OCH3 is 2. The number of carbonyl (C=O) groups excluding carboxylic acids is 1. The number of benzene rings is 2. The Kier molecular flexibility index (Phi) is 6.70. The van der Waals surface area contributed by atoms with E-state index in [0.717, 1.165) is 22.6 Å². The zero-order valence-corrected chi connectivity index (χ0v) is 18.5. The first kappa shape index (κ1) is 21.7. The second-order valence-electron chi connectivity index (χ2n) is 6.53. The maximum atomic E-state index is 12.4. The third kappa shape index (κ3) is 4.45. The van der Waals surface area contributed by atoms with Crippen molar-refractivity contribution in [2.45, 2.75) is 13.8 Å².